The molecule has 1 aliphatic heterocycles. The van der Waals surface area contributed by atoms with Crippen LogP contribution in [-0.4, -0.2) is 40.1 Å². The van der Waals surface area contributed by atoms with E-state index >= 15 is 0 Å². The molecule has 1 fully saturated rings. The molecule has 0 spiro atoms. The predicted molar refractivity (Wildman–Crippen MR) is 49.7 cm³/mol. The number of sulfonamides is 1. The molecule has 0 radical (unpaired) electrons. The van der Waals surface area contributed by atoms with Crippen molar-refractivity contribution in [2.45, 2.75) is 19.4 Å². The van der Waals surface area contributed by atoms with Gasteiger partial charge >= 0.3 is 0 Å². The molecule has 0 saturated carbocycles. The molecular formula is C6H13NO4S2. The van der Waals surface area contributed by atoms with E-state index in [2.05, 4.69) is 4.72 Å². The fraction of sp³-hybridized carbons (Fsp3) is 1.00. The molecule has 0 aromatic heterocycles. The molecule has 1 heterocycles. The molecular weight excluding hydrogens is 214 g/mol. The van der Waals surface area contributed by atoms with Crippen LogP contribution in [0.3, 0.4) is 0 Å². The quantitative estimate of drug-likeness (QED) is 0.678. The second-order valence-corrected chi connectivity index (χ2v) is 7.39. The zero-order valence-electron chi connectivity index (χ0n) is 7.36. The molecule has 1 atom stereocenters. The molecule has 7 heteroatoms. The summed E-state index contributed by atoms with van der Waals surface area (Å²) in [5, 5.41) is 0. The van der Waals surface area contributed by atoms with E-state index in [9.17, 15) is 16.8 Å². The van der Waals surface area contributed by atoms with Crippen LogP contribution in [0.2, 0.25) is 0 Å². The minimum Gasteiger partial charge on any atom is -0.229 e. The molecule has 5 nitrogen and oxygen atoms in total. The predicted octanol–water partition coefficient (Wildman–Crippen LogP) is -0.887. The van der Waals surface area contributed by atoms with Gasteiger partial charge in [0.2, 0.25) is 10.0 Å². The van der Waals surface area contributed by atoms with E-state index in [4.69, 9.17) is 0 Å². The molecule has 1 unspecified atom stereocenters. The van der Waals surface area contributed by atoms with Gasteiger partial charge in [0.05, 0.1) is 17.3 Å². The first kappa shape index (κ1) is 10.9. The lowest BCUT2D eigenvalue weighted by Crippen LogP contribution is -2.36. The number of hydrogen-bond acceptors (Lipinski definition) is 4. The SMILES string of the molecule is CCS(=O)(=O)NC1CCS(=O)(=O)C1. The van der Waals surface area contributed by atoms with Gasteiger partial charge in [-0.1, -0.05) is 0 Å². The Labute approximate surface area is 78.5 Å². The molecule has 13 heavy (non-hydrogen) atoms. The van der Waals surface area contributed by atoms with Gasteiger partial charge in [0.15, 0.2) is 9.84 Å². The highest BCUT2D eigenvalue weighted by molar-refractivity contribution is 7.92. The third kappa shape index (κ3) is 3.24. The normalized spacial score (nSPS) is 27.6. The highest BCUT2D eigenvalue weighted by Gasteiger charge is 2.30. The third-order valence-electron chi connectivity index (χ3n) is 1.96. The molecule has 1 rings (SSSR count). The standard InChI is InChI=1S/C6H13NO4S2/c1-2-13(10,11)7-6-3-4-12(8,9)5-6/h6-7H,2-5H2,1H3. The van der Waals surface area contributed by atoms with Gasteiger partial charge in [0, 0.05) is 6.04 Å². The summed E-state index contributed by atoms with van der Waals surface area (Å²) >= 11 is 0. The van der Waals surface area contributed by atoms with Gasteiger partial charge in [-0.25, -0.2) is 21.6 Å². The maximum absolute atomic E-state index is 11.1. The summed E-state index contributed by atoms with van der Waals surface area (Å²) in [7, 11) is -6.27. The third-order valence-corrected chi connectivity index (χ3v) is 5.18. The van der Waals surface area contributed by atoms with Crippen molar-refractivity contribution in [3.8, 4) is 0 Å². The minimum atomic E-state index is -3.27. The van der Waals surface area contributed by atoms with Gasteiger partial charge in [0.1, 0.15) is 0 Å². The van der Waals surface area contributed by atoms with E-state index in [-0.39, 0.29) is 17.3 Å². The Kier molecular flexibility index (Phi) is 2.98. The Hall–Kier alpha value is -0.140. The Morgan fingerprint density at radius 1 is 1.46 bits per heavy atom. The van der Waals surface area contributed by atoms with Crippen molar-refractivity contribution in [3.05, 3.63) is 0 Å². The van der Waals surface area contributed by atoms with Crippen LogP contribution in [0.5, 0.6) is 0 Å². The maximum atomic E-state index is 11.1. The van der Waals surface area contributed by atoms with Crippen molar-refractivity contribution in [2.75, 3.05) is 17.3 Å². The van der Waals surface area contributed by atoms with Crippen molar-refractivity contribution in [2.24, 2.45) is 0 Å². The van der Waals surface area contributed by atoms with E-state index in [1.54, 1.807) is 0 Å². The van der Waals surface area contributed by atoms with Crippen LogP contribution in [0.25, 0.3) is 0 Å². The number of nitrogens with one attached hydrogen (secondary N) is 1. The van der Waals surface area contributed by atoms with E-state index in [0.717, 1.165) is 0 Å². The van der Waals surface area contributed by atoms with Crippen LogP contribution in [0.1, 0.15) is 13.3 Å². The Morgan fingerprint density at radius 2 is 2.08 bits per heavy atom. The van der Waals surface area contributed by atoms with Crippen molar-refractivity contribution < 1.29 is 16.8 Å². The number of hydrogen-bond donors (Lipinski definition) is 1. The lowest BCUT2D eigenvalue weighted by molar-refractivity contribution is 0.563. The van der Waals surface area contributed by atoms with Gasteiger partial charge in [0.25, 0.3) is 0 Å². The number of sulfone groups is 1. The van der Waals surface area contributed by atoms with E-state index in [1.165, 1.54) is 6.92 Å². The minimum absolute atomic E-state index is 0.0104. The topological polar surface area (TPSA) is 80.3 Å². The van der Waals surface area contributed by atoms with Crippen LogP contribution < -0.4 is 4.72 Å². The second-order valence-electron chi connectivity index (χ2n) is 3.12. The summed E-state index contributed by atoms with van der Waals surface area (Å²) in [6.45, 7) is 1.52. The average molecular weight is 227 g/mol. The smallest absolute Gasteiger partial charge is 0.211 e. The molecule has 1 saturated heterocycles. The summed E-state index contributed by atoms with van der Waals surface area (Å²) in [5.41, 5.74) is 0. The van der Waals surface area contributed by atoms with Crippen molar-refractivity contribution in [3.63, 3.8) is 0 Å². The fourth-order valence-electron chi connectivity index (χ4n) is 1.23. The molecule has 0 aromatic rings. The molecule has 0 bridgehead atoms. The largest absolute Gasteiger partial charge is 0.229 e. The molecule has 78 valence electrons. The van der Waals surface area contributed by atoms with E-state index in [0.29, 0.717) is 6.42 Å². The first-order valence-corrected chi connectivity index (χ1v) is 7.52. The molecule has 1 N–H and O–H groups in total. The van der Waals surface area contributed by atoms with Gasteiger partial charge in [-0.15, -0.1) is 0 Å². The summed E-state index contributed by atoms with van der Waals surface area (Å²) in [6.07, 6.45) is 0.390. The summed E-state index contributed by atoms with van der Waals surface area (Å²) in [4.78, 5) is 0. The van der Waals surface area contributed by atoms with Crippen molar-refractivity contribution in [1.29, 1.82) is 0 Å². The maximum Gasteiger partial charge on any atom is 0.211 e. The number of rotatable bonds is 3. The van der Waals surface area contributed by atoms with Gasteiger partial charge < -0.3 is 0 Å². The van der Waals surface area contributed by atoms with Crippen LogP contribution in [0.15, 0.2) is 0 Å². The van der Waals surface area contributed by atoms with Crippen LogP contribution in [0, 0.1) is 0 Å². The molecule has 0 amide bonds. The molecule has 0 aliphatic carbocycles. The lowest BCUT2D eigenvalue weighted by Gasteiger charge is -2.09. The van der Waals surface area contributed by atoms with Crippen molar-refractivity contribution in [1.82, 2.24) is 4.72 Å². The zero-order chi connectivity index (χ0) is 10.1. The van der Waals surface area contributed by atoms with E-state index < -0.39 is 25.9 Å². The Morgan fingerprint density at radius 3 is 2.46 bits per heavy atom. The second kappa shape index (κ2) is 3.55. The zero-order valence-corrected chi connectivity index (χ0v) is 8.99. The Balaban J connectivity index is 2.60. The summed E-state index contributed by atoms with van der Waals surface area (Å²) in [5.74, 6) is 0.0136. The van der Waals surface area contributed by atoms with E-state index in [1.807, 2.05) is 0 Å². The molecule has 1 aliphatic rings. The summed E-state index contributed by atoms with van der Waals surface area (Å²) in [6, 6.07) is -0.421. The van der Waals surface area contributed by atoms with Crippen LogP contribution >= 0.6 is 0 Å². The molecule has 0 aromatic carbocycles. The average Bonchev–Trinajstić information content (AvgIpc) is 2.29. The first-order chi connectivity index (χ1) is 5.85. The van der Waals surface area contributed by atoms with Gasteiger partial charge in [-0.2, -0.15) is 0 Å². The highest BCUT2D eigenvalue weighted by Crippen LogP contribution is 2.11. The fourth-order valence-corrected chi connectivity index (χ4v) is 3.88. The Bertz CT molecular complexity index is 369. The van der Waals surface area contributed by atoms with Gasteiger partial charge in [-0.05, 0) is 13.3 Å². The van der Waals surface area contributed by atoms with Crippen LogP contribution in [-0.2, 0) is 19.9 Å². The first-order valence-electron chi connectivity index (χ1n) is 4.05. The van der Waals surface area contributed by atoms with Crippen molar-refractivity contribution >= 4 is 19.9 Å². The highest BCUT2D eigenvalue weighted by atomic mass is 32.2. The van der Waals surface area contributed by atoms with Gasteiger partial charge in [-0.3, -0.25) is 0 Å². The summed E-state index contributed by atoms with van der Waals surface area (Å²) < 4.78 is 46.4. The lowest BCUT2D eigenvalue weighted by atomic mass is 10.3. The van der Waals surface area contributed by atoms with Crippen LogP contribution in [0.4, 0.5) is 0 Å². The monoisotopic (exact) mass is 227 g/mol.